The van der Waals surface area contributed by atoms with E-state index < -0.39 is 11.6 Å². The van der Waals surface area contributed by atoms with Crippen molar-refractivity contribution < 1.29 is 14.6 Å². The maximum absolute atomic E-state index is 11.2. The van der Waals surface area contributed by atoms with Crippen molar-refractivity contribution in [3.8, 4) is 11.5 Å². The van der Waals surface area contributed by atoms with Crippen molar-refractivity contribution in [2.45, 2.75) is 18.6 Å². The smallest absolute Gasteiger partial charge is 0.129 e. The molecule has 0 aliphatic carbocycles. The number of aliphatic hydroxyl groups is 1. The van der Waals surface area contributed by atoms with E-state index in [1.54, 1.807) is 21.1 Å². The summed E-state index contributed by atoms with van der Waals surface area (Å²) in [5, 5.41) is 11.2. The van der Waals surface area contributed by atoms with E-state index in [4.69, 9.17) is 15.2 Å². The highest BCUT2D eigenvalue weighted by molar-refractivity contribution is 5.42. The molecule has 0 spiro atoms. The Morgan fingerprint density at radius 3 is 1.43 bits per heavy atom. The van der Waals surface area contributed by atoms with Crippen molar-refractivity contribution >= 4 is 0 Å². The van der Waals surface area contributed by atoms with Gasteiger partial charge in [-0.3, -0.25) is 0 Å². The molecule has 0 saturated carbocycles. The van der Waals surface area contributed by atoms with Crippen LogP contribution in [0.15, 0.2) is 48.5 Å². The highest BCUT2D eigenvalue weighted by Crippen LogP contribution is 2.34. The van der Waals surface area contributed by atoms with Crippen LogP contribution < -0.4 is 15.2 Å². The molecule has 2 rings (SSSR count). The summed E-state index contributed by atoms with van der Waals surface area (Å²) < 4.78 is 10.3. The third-order valence-electron chi connectivity index (χ3n) is 3.72. The van der Waals surface area contributed by atoms with E-state index in [-0.39, 0.29) is 0 Å². The zero-order chi connectivity index (χ0) is 15.5. The molecule has 4 nitrogen and oxygen atoms in total. The first-order valence-electron chi connectivity index (χ1n) is 6.79. The van der Waals surface area contributed by atoms with Crippen molar-refractivity contribution in [3.05, 3.63) is 59.7 Å². The van der Waals surface area contributed by atoms with Crippen LogP contribution in [0, 0.1) is 0 Å². The van der Waals surface area contributed by atoms with Crippen LogP contribution in [-0.2, 0) is 5.60 Å². The average Bonchev–Trinajstić information content (AvgIpc) is 2.54. The predicted molar refractivity (Wildman–Crippen MR) is 82.6 cm³/mol. The summed E-state index contributed by atoms with van der Waals surface area (Å²) in [5.74, 6) is 1.47. The Labute approximate surface area is 125 Å². The van der Waals surface area contributed by atoms with Gasteiger partial charge in [0.25, 0.3) is 0 Å². The minimum atomic E-state index is -1.27. The predicted octanol–water partition coefficient (Wildman–Crippen LogP) is 2.29. The number of hydrogen-bond acceptors (Lipinski definition) is 4. The van der Waals surface area contributed by atoms with E-state index in [1.807, 2.05) is 48.5 Å². The summed E-state index contributed by atoms with van der Waals surface area (Å²) in [5.41, 5.74) is 6.25. The fourth-order valence-corrected chi connectivity index (χ4v) is 2.38. The van der Waals surface area contributed by atoms with Crippen LogP contribution in [0.5, 0.6) is 11.5 Å². The standard InChI is InChI=1S/C17H21NO3/c1-12(18)17(19,13-4-8-15(20-2)9-5-13)14-6-10-16(21-3)11-7-14/h4-12,19H,18H2,1-3H3/t12-/m0/s1. The second kappa shape index (κ2) is 6.16. The molecule has 4 heteroatoms. The summed E-state index contributed by atoms with van der Waals surface area (Å²) in [6, 6.07) is 14.1. The van der Waals surface area contributed by atoms with Gasteiger partial charge in [0.05, 0.1) is 14.2 Å². The van der Waals surface area contributed by atoms with Gasteiger partial charge < -0.3 is 20.3 Å². The van der Waals surface area contributed by atoms with E-state index in [1.165, 1.54) is 0 Å². The molecular formula is C17H21NO3. The quantitative estimate of drug-likeness (QED) is 0.885. The second-order valence-electron chi connectivity index (χ2n) is 5.01. The van der Waals surface area contributed by atoms with E-state index in [9.17, 15) is 5.11 Å². The molecule has 21 heavy (non-hydrogen) atoms. The molecule has 0 fully saturated rings. The van der Waals surface area contributed by atoms with Gasteiger partial charge in [-0.25, -0.2) is 0 Å². The monoisotopic (exact) mass is 287 g/mol. The SMILES string of the molecule is COc1ccc(C(O)(c2ccc(OC)cc2)[C@H](C)N)cc1. The highest BCUT2D eigenvalue weighted by Gasteiger charge is 2.35. The minimum Gasteiger partial charge on any atom is -0.497 e. The van der Waals surface area contributed by atoms with Crippen LogP contribution in [0.25, 0.3) is 0 Å². The lowest BCUT2D eigenvalue weighted by Gasteiger charge is -2.33. The fraction of sp³-hybridized carbons (Fsp3) is 0.294. The van der Waals surface area contributed by atoms with Gasteiger partial charge in [0, 0.05) is 6.04 Å². The highest BCUT2D eigenvalue weighted by atomic mass is 16.5. The summed E-state index contributed by atoms with van der Waals surface area (Å²) in [7, 11) is 3.21. The van der Waals surface area contributed by atoms with Gasteiger partial charge in [0.1, 0.15) is 17.1 Å². The maximum Gasteiger partial charge on any atom is 0.129 e. The fourth-order valence-electron chi connectivity index (χ4n) is 2.38. The molecule has 0 amide bonds. The average molecular weight is 287 g/mol. The number of methoxy groups -OCH3 is 2. The molecule has 0 saturated heterocycles. The normalized spacial score (nSPS) is 12.8. The van der Waals surface area contributed by atoms with Crippen molar-refractivity contribution in [3.63, 3.8) is 0 Å². The number of rotatable bonds is 5. The Morgan fingerprint density at radius 1 is 0.857 bits per heavy atom. The second-order valence-corrected chi connectivity index (χ2v) is 5.01. The molecule has 0 heterocycles. The van der Waals surface area contributed by atoms with Crippen molar-refractivity contribution in [2.24, 2.45) is 5.73 Å². The van der Waals surface area contributed by atoms with Crippen LogP contribution in [0.4, 0.5) is 0 Å². The van der Waals surface area contributed by atoms with Crippen LogP contribution in [0.2, 0.25) is 0 Å². The van der Waals surface area contributed by atoms with E-state index in [0.717, 1.165) is 22.6 Å². The lowest BCUT2D eigenvalue weighted by Crippen LogP contribution is -2.44. The van der Waals surface area contributed by atoms with E-state index >= 15 is 0 Å². The Morgan fingerprint density at radius 2 is 1.19 bits per heavy atom. The van der Waals surface area contributed by atoms with Gasteiger partial charge in [-0.1, -0.05) is 24.3 Å². The first-order chi connectivity index (χ1) is 10.0. The largest absolute Gasteiger partial charge is 0.497 e. The first-order valence-corrected chi connectivity index (χ1v) is 6.79. The van der Waals surface area contributed by atoms with Gasteiger partial charge in [0.15, 0.2) is 0 Å². The molecule has 1 atom stereocenters. The van der Waals surface area contributed by atoms with Crippen LogP contribution >= 0.6 is 0 Å². The molecule has 0 bridgehead atoms. The molecule has 0 radical (unpaired) electrons. The Bertz CT molecular complexity index is 528. The molecule has 2 aromatic carbocycles. The molecule has 0 unspecified atom stereocenters. The third kappa shape index (κ3) is 2.86. The zero-order valence-corrected chi connectivity index (χ0v) is 12.5. The van der Waals surface area contributed by atoms with E-state index in [2.05, 4.69) is 0 Å². The molecule has 2 aromatic rings. The Kier molecular flexibility index (Phi) is 4.50. The van der Waals surface area contributed by atoms with Gasteiger partial charge in [0.2, 0.25) is 0 Å². The maximum atomic E-state index is 11.2. The van der Waals surface area contributed by atoms with E-state index in [0.29, 0.717) is 0 Å². The van der Waals surface area contributed by atoms with Crippen LogP contribution in [-0.4, -0.2) is 25.4 Å². The molecule has 0 aromatic heterocycles. The van der Waals surface area contributed by atoms with Crippen LogP contribution in [0.1, 0.15) is 18.1 Å². The minimum absolute atomic E-state index is 0.473. The zero-order valence-electron chi connectivity index (χ0n) is 12.5. The molecule has 3 N–H and O–H groups in total. The van der Waals surface area contributed by atoms with Gasteiger partial charge in [-0.15, -0.1) is 0 Å². The molecular weight excluding hydrogens is 266 g/mol. The lowest BCUT2D eigenvalue weighted by atomic mass is 9.81. The van der Waals surface area contributed by atoms with Crippen molar-refractivity contribution in [1.29, 1.82) is 0 Å². The van der Waals surface area contributed by atoms with Crippen molar-refractivity contribution in [2.75, 3.05) is 14.2 Å². The van der Waals surface area contributed by atoms with Crippen molar-refractivity contribution in [1.82, 2.24) is 0 Å². The third-order valence-corrected chi connectivity index (χ3v) is 3.72. The summed E-state index contributed by atoms with van der Waals surface area (Å²) in [6.45, 7) is 1.79. The van der Waals surface area contributed by atoms with Gasteiger partial charge in [-0.05, 0) is 42.3 Å². The van der Waals surface area contributed by atoms with Gasteiger partial charge >= 0.3 is 0 Å². The molecule has 0 aliphatic heterocycles. The lowest BCUT2D eigenvalue weighted by molar-refractivity contribution is 0.0578. The van der Waals surface area contributed by atoms with Gasteiger partial charge in [-0.2, -0.15) is 0 Å². The molecule has 112 valence electrons. The Hall–Kier alpha value is -2.04. The number of nitrogens with two attached hydrogens (primary N) is 1. The summed E-state index contributed by atoms with van der Waals surface area (Å²) >= 11 is 0. The molecule has 0 aliphatic rings. The summed E-state index contributed by atoms with van der Waals surface area (Å²) in [6.07, 6.45) is 0. The number of ether oxygens (including phenoxy) is 2. The number of hydrogen-bond donors (Lipinski definition) is 2. The first kappa shape index (κ1) is 15.4. The number of benzene rings is 2. The van der Waals surface area contributed by atoms with Crippen LogP contribution in [0.3, 0.4) is 0 Å². The Balaban J connectivity index is 2.47. The summed E-state index contributed by atoms with van der Waals surface area (Å²) in [4.78, 5) is 0. The topological polar surface area (TPSA) is 64.7 Å².